The lowest BCUT2D eigenvalue weighted by molar-refractivity contribution is -0.140. The van der Waals surface area contributed by atoms with Gasteiger partial charge in [0.15, 0.2) is 4.80 Å². The minimum Gasteiger partial charge on any atom is -0.494 e. The standard InChI is InChI=1S/C18H24N2O4S/c1-6-24-12-7-8-13-14(11-12)25-17(19-16(22)18(2,3)4)20(13)10-9-15(21)23-5/h7-8,11H,6,9-10H2,1-5H3. The summed E-state index contributed by atoms with van der Waals surface area (Å²) in [5, 5.41) is 0. The second kappa shape index (κ2) is 7.82. The summed E-state index contributed by atoms with van der Waals surface area (Å²) < 4.78 is 13.1. The number of thiazole rings is 1. The number of amides is 1. The van der Waals surface area contributed by atoms with Crippen molar-refractivity contribution < 1.29 is 19.1 Å². The quantitative estimate of drug-likeness (QED) is 0.764. The van der Waals surface area contributed by atoms with Crippen LogP contribution in [0.5, 0.6) is 5.75 Å². The third-order valence-corrected chi connectivity index (χ3v) is 4.61. The number of aryl methyl sites for hydroxylation is 1. The number of methoxy groups -OCH3 is 1. The van der Waals surface area contributed by atoms with Crippen molar-refractivity contribution in [3.63, 3.8) is 0 Å². The van der Waals surface area contributed by atoms with Gasteiger partial charge >= 0.3 is 5.97 Å². The number of ether oxygens (including phenoxy) is 2. The van der Waals surface area contributed by atoms with Gasteiger partial charge in [-0.05, 0) is 25.1 Å². The molecule has 2 rings (SSSR count). The number of hydrogen-bond donors (Lipinski definition) is 0. The van der Waals surface area contributed by atoms with E-state index in [1.165, 1.54) is 18.4 Å². The molecule has 0 spiro atoms. The van der Waals surface area contributed by atoms with Crippen LogP contribution in [-0.4, -0.2) is 30.2 Å². The summed E-state index contributed by atoms with van der Waals surface area (Å²) in [5.74, 6) is 0.270. The first kappa shape index (κ1) is 19.2. The fourth-order valence-electron chi connectivity index (χ4n) is 2.17. The van der Waals surface area contributed by atoms with Crippen molar-refractivity contribution in [2.45, 2.75) is 40.7 Å². The molecule has 0 aliphatic carbocycles. The number of benzene rings is 1. The van der Waals surface area contributed by atoms with E-state index >= 15 is 0 Å². The Morgan fingerprint density at radius 3 is 2.60 bits per heavy atom. The molecule has 0 saturated carbocycles. The zero-order valence-corrected chi connectivity index (χ0v) is 16.1. The van der Waals surface area contributed by atoms with Crippen LogP contribution >= 0.6 is 11.3 Å². The normalized spacial score (nSPS) is 12.4. The molecule has 0 radical (unpaired) electrons. The van der Waals surface area contributed by atoms with Gasteiger partial charge in [-0.1, -0.05) is 32.1 Å². The number of rotatable bonds is 5. The highest BCUT2D eigenvalue weighted by atomic mass is 32.1. The summed E-state index contributed by atoms with van der Waals surface area (Å²) in [6, 6.07) is 5.73. The van der Waals surface area contributed by atoms with Crippen LogP contribution in [-0.2, 0) is 20.9 Å². The monoisotopic (exact) mass is 364 g/mol. The van der Waals surface area contributed by atoms with Crippen LogP contribution in [0.15, 0.2) is 23.2 Å². The van der Waals surface area contributed by atoms with Gasteiger partial charge in [-0.15, -0.1) is 0 Å². The summed E-state index contributed by atoms with van der Waals surface area (Å²) in [6.07, 6.45) is 0.215. The third-order valence-electron chi connectivity index (χ3n) is 3.57. The van der Waals surface area contributed by atoms with Crippen LogP contribution < -0.4 is 9.54 Å². The van der Waals surface area contributed by atoms with E-state index in [2.05, 4.69) is 4.99 Å². The van der Waals surface area contributed by atoms with Gasteiger partial charge in [0.2, 0.25) is 0 Å². The Morgan fingerprint density at radius 1 is 1.28 bits per heavy atom. The molecule has 0 saturated heterocycles. The molecule has 0 N–H and O–H groups in total. The van der Waals surface area contributed by atoms with Crippen LogP contribution in [0.4, 0.5) is 0 Å². The largest absolute Gasteiger partial charge is 0.494 e. The summed E-state index contributed by atoms with van der Waals surface area (Å²) >= 11 is 1.41. The maximum atomic E-state index is 12.3. The van der Waals surface area contributed by atoms with E-state index < -0.39 is 5.41 Å². The summed E-state index contributed by atoms with van der Waals surface area (Å²) in [6.45, 7) is 8.40. The number of carbonyl (C=O) groups excluding carboxylic acids is 2. The maximum absolute atomic E-state index is 12.3. The average Bonchev–Trinajstić information content (AvgIpc) is 2.88. The lowest BCUT2D eigenvalue weighted by Crippen LogP contribution is -2.24. The molecule has 1 aromatic heterocycles. The van der Waals surface area contributed by atoms with Gasteiger partial charge in [0.25, 0.3) is 5.91 Å². The van der Waals surface area contributed by atoms with E-state index in [0.29, 0.717) is 18.0 Å². The smallest absolute Gasteiger partial charge is 0.307 e. The number of esters is 1. The highest BCUT2D eigenvalue weighted by Gasteiger charge is 2.21. The molecule has 1 heterocycles. The fourth-order valence-corrected chi connectivity index (χ4v) is 3.25. The molecule has 7 heteroatoms. The molecule has 0 unspecified atom stereocenters. The average molecular weight is 364 g/mol. The van der Waals surface area contributed by atoms with Crippen molar-refractivity contribution in [2.75, 3.05) is 13.7 Å². The molecule has 0 bridgehead atoms. The first-order valence-corrected chi connectivity index (χ1v) is 9.00. The van der Waals surface area contributed by atoms with Crippen LogP contribution in [0.1, 0.15) is 34.1 Å². The van der Waals surface area contributed by atoms with E-state index in [1.807, 2.05) is 50.5 Å². The third kappa shape index (κ3) is 4.69. The predicted octanol–water partition coefficient (Wildman–Crippen LogP) is 3.14. The second-order valence-corrected chi connectivity index (χ2v) is 7.60. The van der Waals surface area contributed by atoms with Crippen molar-refractivity contribution in [3.05, 3.63) is 23.0 Å². The Kier molecular flexibility index (Phi) is 6.00. The first-order valence-electron chi connectivity index (χ1n) is 8.18. The van der Waals surface area contributed by atoms with Gasteiger partial charge in [-0.3, -0.25) is 9.59 Å². The molecule has 0 aliphatic heterocycles. The van der Waals surface area contributed by atoms with Crippen molar-refractivity contribution in [1.29, 1.82) is 0 Å². The number of nitrogens with zero attached hydrogens (tertiary/aromatic N) is 2. The van der Waals surface area contributed by atoms with Crippen molar-refractivity contribution >= 4 is 33.4 Å². The van der Waals surface area contributed by atoms with E-state index in [0.717, 1.165) is 16.0 Å². The number of fused-ring (bicyclic) bond motifs is 1. The fraction of sp³-hybridized carbons (Fsp3) is 0.500. The van der Waals surface area contributed by atoms with Gasteiger partial charge in [-0.2, -0.15) is 4.99 Å². The number of hydrogen-bond acceptors (Lipinski definition) is 5. The van der Waals surface area contributed by atoms with Gasteiger partial charge in [0.05, 0.1) is 30.4 Å². The Labute approximate surface area is 151 Å². The minimum atomic E-state index is -0.563. The molecule has 6 nitrogen and oxygen atoms in total. The van der Waals surface area contributed by atoms with E-state index in [-0.39, 0.29) is 18.3 Å². The first-order chi connectivity index (χ1) is 11.8. The van der Waals surface area contributed by atoms with Crippen LogP contribution in [0.2, 0.25) is 0 Å². The molecule has 136 valence electrons. The van der Waals surface area contributed by atoms with Crippen LogP contribution in [0, 0.1) is 5.41 Å². The molecule has 0 atom stereocenters. The van der Waals surface area contributed by atoms with Crippen molar-refractivity contribution in [3.8, 4) is 5.75 Å². The molecular formula is C18H24N2O4S. The molecule has 1 amide bonds. The summed E-state index contributed by atoms with van der Waals surface area (Å²) in [4.78, 5) is 28.7. The zero-order chi connectivity index (χ0) is 18.6. The van der Waals surface area contributed by atoms with E-state index in [4.69, 9.17) is 9.47 Å². The SMILES string of the molecule is CCOc1ccc2c(c1)sc(=NC(=O)C(C)(C)C)n2CCC(=O)OC. The minimum absolute atomic E-state index is 0.198. The lowest BCUT2D eigenvalue weighted by atomic mass is 9.96. The molecule has 2 aromatic rings. The topological polar surface area (TPSA) is 69.9 Å². The van der Waals surface area contributed by atoms with Crippen molar-refractivity contribution in [1.82, 2.24) is 4.57 Å². The Balaban J connectivity index is 2.54. The second-order valence-electron chi connectivity index (χ2n) is 6.59. The lowest BCUT2D eigenvalue weighted by Gasteiger charge is -2.12. The number of aromatic nitrogens is 1. The van der Waals surface area contributed by atoms with Gasteiger partial charge in [-0.25, -0.2) is 0 Å². The van der Waals surface area contributed by atoms with Crippen LogP contribution in [0.3, 0.4) is 0 Å². The Morgan fingerprint density at radius 2 is 2.00 bits per heavy atom. The molecule has 25 heavy (non-hydrogen) atoms. The molecule has 0 fully saturated rings. The summed E-state index contributed by atoms with van der Waals surface area (Å²) in [7, 11) is 1.36. The predicted molar refractivity (Wildman–Crippen MR) is 97.6 cm³/mol. The summed E-state index contributed by atoms with van der Waals surface area (Å²) in [5.41, 5.74) is 0.352. The Hall–Kier alpha value is -2.15. The maximum Gasteiger partial charge on any atom is 0.307 e. The van der Waals surface area contributed by atoms with E-state index in [1.54, 1.807) is 0 Å². The van der Waals surface area contributed by atoms with Crippen molar-refractivity contribution in [2.24, 2.45) is 10.4 Å². The Bertz CT molecular complexity index is 843. The zero-order valence-electron chi connectivity index (χ0n) is 15.3. The van der Waals surface area contributed by atoms with Crippen LogP contribution in [0.25, 0.3) is 10.2 Å². The van der Waals surface area contributed by atoms with Gasteiger partial charge in [0, 0.05) is 12.0 Å². The highest BCUT2D eigenvalue weighted by molar-refractivity contribution is 7.16. The molecule has 0 aliphatic rings. The van der Waals surface area contributed by atoms with Gasteiger partial charge in [0.1, 0.15) is 5.75 Å². The molecule has 1 aromatic carbocycles. The molecular weight excluding hydrogens is 340 g/mol. The van der Waals surface area contributed by atoms with E-state index in [9.17, 15) is 9.59 Å². The number of carbonyl (C=O) groups is 2. The highest BCUT2D eigenvalue weighted by Crippen LogP contribution is 2.24. The van der Waals surface area contributed by atoms with Gasteiger partial charge < -0.3 is 14.0 Å².